The average Bonchev–Trinajstić information content (AvgIpc) is 2.75. The van der Waals surface area contributed by atoms with Crippen LogP contribution in [0.15, 0.2) is 27.5 Å². The van der Waals surface area contributed by atoms with Crippen molar-refractivity contribution in [3.8, 4) is 0 Å². The standard InChI is InChI=1S/C11H10BrNO2S/c1-7-5-16-6-8(7)3-13-4-9(12)2-10(13)11(14)15/h2,4-6H,3H2,1H3,(H,14,15). The summed E-state index contributed by atoms with van der Waals surface area (Å²) in [7, 11) is 0. The molecule has 2 heterocycles. The van der Waals surface area contributed by atoms with Gasteiger partial charge in [-0.25, -0.2) is 4.79 Å². The van der Waals surface area contributed by atoms with Crippen LogP contribution in [0.4, 0.5) is 0 Å². The van der Waals surface area contributed by atoms with E-state index in [1.165, 1.54) is 5.56 Å². The quantitative estimate of drug-likeness (QED) is 0.944. The summed E-state index contributed by atoms with van der Waals surface area (Å²) in [4.78, 5) is 11.0. The Kier molecular flexibility index (Phi) is 3.16. The van der Waals surface area contributed by atoms with Gasteiger partial charge in [-0.05, 0) is 50.8 Å². The maximum Gasteiger partial charge on any atom is 0.352 e. The first-order chi connectivity index (χ1) is 7.58. The molecule has 0 bridgehead atoms. The molecule has 0 saturated carbocycles. The number of aromatic nitrogens is 1. The zero-order valence-corrected chi connectivity index (χ0v) is 11.0. The molecule has 0 aliphatic rings. The minimum Gasteiger partial charge on any atom is -0.477 e. The zero-order valence-electron chi connectivity index (χ0n) is 8.61. The van der Waals surface area contributed by atoms with Crippen LogP contribution in [-0.4, -0.2) is 15.6 Å². The summed E-state index contributed by atoms with van der Waals surface area (Å²) in [6, 6.07) is 1.62. The van der Waals surface area contributed by atoms with Crippen LogP contribution >= 0.6 is 27.3 Å². The second-order valence-electron chi connectivity index (χ2n) is 3.56. The third kappa shape index (κ3) is 2.20. The minimum absolute atomic E-state index is 0.303. The summed E-state index contributed by atoms with van der Waals surface area (Å²) in [6.45, 7) is 2.63. The van der Waals surface area contributed by atoms with E-state index < -0.39 is 5.97 Å². The highest BCUT2D eigenvalue weighted by molar-refractivity contribution is 9.10. The Balaban J connectivity index is 2.34. The van der Waals surface area contributed by atoms with E-state index in [1.807, 2.05) is 6.92 Å². The van der Waals surface area contributed by atoms with E-state index in [1.54, 1.807) is 28.2 Å². The van der Waals surface area contributed by atoms with Crippen LogP contribution in [0.3, 0.4) is 0 Å². The van der Waals surface area contributed by atoms with Gasteiger partial charge in [0.2, 0.25) is 0 Å². The average molecular weight is 300 g/mol. The number of hydrogen-bond acceptors (Lipinski definition) is 2. The predicted octanol–water partition coefficient (Wildman–Crippen LogP) is 3.37. The van der Waals surface area contributed by atoms with Crippen molar-refractivity contribution in [3.63, 3.8) is 0 Å². The highest BCUT2D eigenvalue weighted by Gasteiger charge is 2.12. The monoisotopic (exact) mass is 299 g/mol. The number of carbonyl (C=O) groups is 1. The molecule has 3 nitrogen and oxygen atoms in total. The molecule has 5 heteroatoms. The lowest BCUT2D eigenvalue weighted by Crippen LogP contribution is -2.08. The molecule has 0 fully saturated rings. The Bertz CT molecular complexity index is 530. The van der Waals surface area contributed by atoms with Gasteiger partial charge in [-0.1, -0.05) is 0 Å². The lowest BCUT2D eigenvalue weighted by molar-refractivity contribution is 0.0685. The Morgan fingerprint density at radius 3 is 2.88 bits per heavy atom. The number of aromatic carboxylic acids is 1. The normalized spacial score (nSPS) is 10.6. The SMILES string of the molecule is Cc1cscc1Cn1cc(Br)cc1C(=O)O. The van der Waals surface area contributed by atoms with Crippen molar-refractivity contribution in [2.45, 2.75) is 13.5 Å². The fourth-order valence-corrected chi connectivity index (χ4v) is 2.83. The highest BCUT2D eigenvalue weighted by atomic mass is 79.9. The lowest BCUT2D eigenvalue weighted by Gasteiger charge is -2.05. The Hall–Kier alpha value is -1.07. The molecule has 0 saturated heterocycles. The van der Waals surface area contributed by atoms with Crippen LogP contribution in [0.5, 0.6) is 0 Å². The molecule has 2 aromatic heterocycles. The summed E-state index contributed by atoms with van der Waals surface area (Å²) in [5.41, 5.74) is 2.67. The highest BCUT2D eigenvalue weighted by Crippen LogP contribution is 2.20. The molecule has 84 valence electrons. The number of aryl methyl sites for hydroxylation is 1. The maximum atomic E-state index is 11.0. The van der Waals surface area contributed by atoms with Crippen molar-refractivity contribution in [2.24, 2.45) is 0 Å². The van der Waals surface area contributed by atoms with E-state index >= 15 is 0 Å². The predicted molar refractivity (Wildman–Crippen MR) is 67.2 cm³/mol. The molecule has 1 N–H and O–H groups in total. The molecule has 0 aliphatic carbocycles. The van der Waals surface area contributed by atoms with Crippen molar-refractivity contribution in [3.05, 3.63) is 44.3 Å². The number of carboxylic acids is 1. The van der Waals surface area contributed by atoms with Gasteiger partial charge in [0.15, 0.2) is 0 Å². The number of rotatable bonds is 3. The summed E-state index contributed by atoms with van der Waals surface area (Å²) in [5.74, 6) is -0.904. The van der Waals surface area contributed by atoms with E-state index in [9.17, 15) is 4.79 Å². The third-order valence-corrected chi connectivity index (χ3v) is 3.73. The Morgan fingerprint density at radius 1 is 1.56 bits per heavy atom. The van der Waals surface area contributed by atoms with Crippen LogP contribution in [0, 0.1) is 6.92 Å². The summed E-state index contributed by atoms with van der Waals surface area (Å²) >= 11 is 4.93. The first kappa shape index (κ1) is 11.4. The molecule has 0 atom stereocenters. The molecule has 0 amide bonds. The second-order valence-corrected chi connectivity index (χ2v) is 5.22. The van der Waals surface area contributed by atoms with E-state index in [0.717, 1.165) is 10.0 Å². The number of thiophene rings is 1. The largest absolute Gasteiger partial charge is 0.477 e. The van der Waals surface area contributed by atoms with Gasteiger partial charge >= 0.3 is 5.97 Å². The van der Waals surface area contributed by atoms with Gasteiger partial charge in [-0.2, -0.15) is 11.3 Å². The molecule has 2 aromatic rings. The smallest absolute Gasteiger partial charge is 0.352 e. The molecule has 0 aromatic carbocycles. The van der Waals surface area contributed by atoms with Gasteiger partial charge < -0.3 is 9.67 Å². The summed E-state index contributed by atoms with van der Waals surface area (Å²) in [5, 5.41) is 13.2. The lowest BCUT2D eigenvalue weighted by atomic mass is 10.2. The molecule has 0 radical (unpaired) electrons. The number of carboxylic acid groups (broad SMARTS) is 1. The third-order valence-electron chi connectivity index (χ3n) is 2.38. The summed E-state index contributed by atoms with van der Waals surface area (Å²) in [6.07, 6.45) is 1.79. The number of halogens is 1. The maximum absolute atomic E-state index is 11.0. The van der Waals surface area contributed by atoms with Crippen LogP contribution in [0.1, 0.15) is 21.6 Å². The molecule has 2 rings (SSSR count). The second kappa shape index (κ2) is 4.43. The van der Waals surface area contributed by atoms with Crippen LogP contribution in [0.2, 0.25) is 0 Å². The van der Waals surface area contributed by atoms with Gasteiger partial charge in [-0.3, -0.25) is 0 Å². The van der Waals surface area contributed by atoms with Gasteiger partial charge in [0.25, 0.3) is 0 Å². The van der Waals surface area contributed by atoms with Crippen molar-refractivity contribution in [2.75, 3.05) is 0 Å². The topological polar surface area (TPSA) is 42.2 Å². The molecular weight excluding hydrogens is 290 g/mol. The Labute approximate surface area is 105 Å². The first-order valence-electron chi connectivity index (χ1n) is 4.68. The van der Waals surface area contributed by atoms with Crippen molar-refractivity contribution < 1.29 is 9.90 Å². The van der Waals surface area contributed by atoms with Crippen LogP contribution in [0.25, 0.3) is 0 Å². The minimum atomic E-state index is -0.904. The van der Waals surface area contributed by atoms with E-state index in [-0.39, 0.29) is 0 Å². The fraction of sp³-hybridized carbons (Fsp3) is 0.182. The number of nitrogens with zero attached hydrogens (tertiary/aromatic N) is 1. The Morgan fingerprint density at radius 2 is 2.31 bits per heavy atom. The van der Waals surface area contributed by atoms with Crippen molar-refractivity contribution >= 4 is 33.2 Å². The fourth-order valence-electron chi connectivity index (χ4n) is 1.52. The van der Waals surface area contributed by atoms with Crippen molar-refractivity contribution in [1.29, 1.82) is 0 Å². The van der Waals surface area contributed by atoms with Crippen LogP contribution < -0.4 is 0 Å². The summed E-state index contributed by atoms with van der Waals surface area (Å²) < 4.78 is 2.53. The van der Waals surface area contributed by atoms with Gasteiger partial charge in [0.05, 0.1) is 0 Å². The zero-order chi connectivity index (χ0) is 11.7. The van der Waals surface area contributed by atoms with Crippen molar-refractivity contribution in [1.82, 2.24) is 4.57 Å². The molecule has 0 aliphatic heterocycles. The van der Waals surface area contributed by atoms with Gasteiger partial charge in [0.1, 0.15) is 5.69 Å². The van der Waals surface area contributed by atoms with E-state index in [0.29, 0.717) is 12.2 Å². The molecule has 0 unspecified atom stereocenters. The van der Waals surface area contributed by atoms with E-state index in [2.05, 4.69) is 26.7 Å². The molecular formula is C11H10BrNO2S. The van der Waals surface area contributed by atoms with Gasteiger partial charge in [0, 0.05) is 17.2 Å². The molecule has 16 heavy (non-hydrogen) atoms. The van der Waals surface area contributed by atoms with Gasteiger partial charge in [-0.15, -0.1) is 0 Å². The van der Waals surface area contributed by atoms with E-state index in [4.69, 9.17) is 5.11 Å². The first-order valence-corrected chi connectivity index (χ1v) is 6.42. The molecule has 0 spiro atoms. The number of hydrogen-bond donors (Lipinski definition) is 1. The van der Waals surface area contributed by atoms with Crippen LogP contribution in [-0.2, 0) is 6.54 Å².